The Labute approximate surface area is 161 Å². The molecule has 0 heterocycles. The number of hydrogen-bond donors (Lipinski definition) is 1. The molecule has 27 heavy (non-hydrogen) atoms. The van der Waals surface area contributed by atoms with E-state index in [1.165, 1.54) is 0 Å². The predicted molar refractivity (Wildman–Crippen MR) is 104 cm³/mol. The maximum Gasteiger partial charge on any atom is 0.295 e. The molecule has 2 rings (SSSR count). The number of carbonyl (C=O) groups is 1. The number of benzene rings is 2. The lowest BCUT2D eigenvalue weighted by Crippen LogP contribution is -2.63. The second-order valence-electron chi connectivity index (χ2n) is 5.96. The average molecular weight is 372 g/mol. The summed E-state index contributed by atoms with van der Waals surface area (Å²) in [5, 5.41) is 3.45. The highest BCUT2D eigenvalue weighted by Crippen LogP contribution is 2.28. The van der Waals surface area contributed by atoms with Crippen LogP contribution in [0.15, 0.2) is 54.6 Å². The first-order valence-corrected chi connectivity index (χ1v) is 8.89. The highest BCUT2D eigenvalue weighted by Gasteiger charge is 2.39. The minimum absolute atomic E-state index is 0.176. The van der Waals surface area contributed by atoms with Crippen molar-refractivity contribution in [2.24, 2.45) is 0 Å². The van der Waals surface area contributed by atoms with Crippen LogP contribution in [0, 0.1) is 0 Å². The molecule has 2 aromatic rings. The van der Waals surface area contributed by atoms with E-state index in [1.807, 2.05) is 61.5 Å². The number of rotatable bonds is 11. The summed E-state index contributed by atoms with van der Waals surface area (Å²) in [5.41, 5.74) is 2.06. The number of methoxy groups -OCH3 is 3. The summed E-state index contributed by atoms with van der Waals surface area (Å²) in [5.74, 6) is 0.784. The molecule has 6 nitrogen and oxygen atoms in total. The molecule has 0 saturated carbocycles. The molecule has 0 aromatic heterocycles. The third-order valence-electron chi connectivity index (χ3n) is 4.56. The summed E-state index contributed by atoms with van der Waals surface area (Å²) in [4.78, 5) is 12.9. The van der Waals surface area contributed by atoms with Crippen LogP contribution in [0.3, 0.4) is 0 Å². The largest absolute Gasteiger partial charge is 0.497 e. The van der Waals surface area contributed by atoms with Crippen LogP contribution in [0.5, 0.6) is 5.75 Å². The standard InChI is InChI=1S/C21H28N2O4/c1-5-23(15-16-24)21(26-3,27-4)22-20(17-9-7-6-8-10-17)18-11-13-19(25-2)14-12-18/h6-14,16,20,22H,5,15H2,1-4H3. The lowest BCUT2D eigenvalue weighted by atomic mass is 9.98. The van der Waals surface area contributed by atoms with Crippen molar-refractivity contribution in [3.8, 4) is 5.75 Å². The van der Waals surface area contributed by atoms with Gasteiger partial charge in [0.1, 0.15) is 12.0 Å². The maximum absolute atomic E-state index is 11.2. The fourth-order valence-electron chi connectivity index (χ4n) is 3.08. The maximum atomic E-state index is 11.2. The Bertz CT molecular complexity index is 687. The third kappa shape index (κ3) is 4.93. The van der Waals surface area contributed by atoms with Crippen molar-refractivity contribution in [3.63, 3.8) is 0 Å². The van der Waals surface area contributed by atoms with Crippen LogP contribution in [0.2, 0.25) is 0 Å². The first-order chi connectivity index (χ1) is 13.1. The molecule has 0 spiro atoms. The monoisotopic (exact) mass is 372 g/mol. The summed E-state index contributed by atoms with van der Waals surface area (Å²) >= 11 is 0. The minimum atomic E-state index is -1.25. The molecule has 0 bridgehead atoms. The van der Waals surface area contributed by atoms with E-state index in [0.717, 1.165) is 23.2 Å². The van der Waals surface area contributed by atoms with Gasteiger partial charge in [-0.1, -0.05) is 49.4 Å². The van der Waals surface area contributed by atoms with Gasteiger partial charge in [-0.3, -0.25) is 0 Å². The van der Waals surface area contributed by atoms with Crippen LogP contribution in [-0.4, -0.2) is 51.6 Å². The molecule has 0 radical (unpaired) electrons. The van der Waals surface area contributed by atoms with Gasteiger partial charge >= 0.3 is 0 Å². The van der Waals surface area contributed by atoms with Crippen molar-refractivity contribution in [2.75, 3.05) is 34.4 Å². The zero-order chi connectivity index (χ0) is 19.7. The predicted octanol–water partition coefficient (Wildman–Crippen LogP) is 2.80. The van der Waals surface area contributed by atoms with Gasteiger partial charge in [-0.15, -0.1) is 0 Å². The summed E-state index contributed by atoms with van der Waals surface area (Å²) in [6, 6.07) is 16.4. The lowest BCUT2D eigenvalue weighted by molar-refractivity contribution is -0.314. The van der Waals surface area contributed by atoms with Crippen LogP contribution in [0.25, 0.3) is 0 Å². The van der Waals surface area contributed by atoms with E-state index in [4.69, 9.17) is 14.2 Å². The van der Waals surface area contributed by atoms with Crippen molar-refractivity contribution in [1.82, 2.24) is 10.2 Å². The second-order valence-corrected chi connectivity index (χ2v) is 5.96. The first kappa shape index (κ1) is 21.1. The summed E-state index contributed by atoms with van der Waals surface area (Å²) in [6.45, 7) is 2.69. The fraction of sp³-hybridized carbons (Fsp3) is 0.381. The molecule has 0 saturated heterocycles. The van der Waals surface area contributed by atoms with Crippen molar-refractivity contribution in [3.05, 3.63) is 65.7 Å². The number of ether oxygens (including phenoxy) is 3. The first-order valence-electron chi connectivity index (χ1n) is 8.89. The van der Waals surface area contributed by atoms with E-state index in [2.05, 4.69) is 5.32 Å². The van der Waals surface area contributed by atoms with E-state index in [0.29, 0.717) is 6.54 Å². The van der Waals surface area contributed by atoms with Crippen molar-refractivity contribution in [1.29, 1.82) is 0 Å². The van der Waals surface area contributed by atoms with Crippen molar-refractivity contribution in [2.45, 2.75) is 19.0 Å². The van der Waals surface area contributed by atoms with Crippen LogP contribution in [0.1, 0.15) is 24.1 Å². The number of likely N-dealkylation sites (N-methyl/N-ethyl adjacent to an activating group) is 1. The molecule has 2 aromatic carbocycles. The molecular formula is C21H28N2O4. The molecule has 1 unspecified atom stereocenters. The Hall–Kier alpha value is -2.25. The normalized spacial score (nSPS) is 12.8. The molecular weight excluding hydrogens is 344 g/mol. The summed E-state index contributed by atoms with van der Waals surface area (Å²) in [7, 11) is 4.75. The Morgan fingerprint density at radius 3 is 2.07 bits per heavy atom. The topological polar surface area (TPSA) is 60.0 Å². The molecule has 0 fully saturated rings. The third-order valence-corrected chi connectivity index (χ3v) is 4.56. The summed E-state index contributed by atoms with van der Waals surface area (Å²) < 4.78 is 16.7. The van der Waals surface area contributed by atoms with E-state index >= 15 is 0 Å². The number of nitrogens with one attached hydrogen (secondary N) is 1. The Morgan fingerprint density at radius 1 is 1.00 bits per heavy atom. The van der Waals surface area contributed by atoms with E-state index in [9.17, 15) is 4.79 Å². The molecule has 1 atom stereocenters. The SMILES string of the molecule is CCN(CC=O)C(NC(c1ccccc1)c1ccc(OC)cc1)(OC)OC. The van der Waals surface area contributed by atoms with E-state index in [1.54, 1.807) is 26.2 Å². The van der Waals surface area contributed by atoms with Gasteiger partial charge in [0.05, 0.1) is 19.7 Å². The lowest BCUT2D eigenvalue weighted by Gasteiger charge is -2.42. The minimum Gasteiger partial charge on any atom is -0.497 e. The summed E-state index contributed by atoms with van der Waals surface area (Å²) in [6.07, 6.45) is 0.836. The fourth-order valence-corrected chi connectivity index (χ4v) is 3.08. The number of carbonyl (C=O) groups excluding carboxylic acids is 1. The van der Waals surface area contributed by atoms with Gasteiger partial charge in [0.2, 0.25) is 0 Å². The quantitative estimate of drug-likeness (QED) is 0.483. The van der Waals surface area contributed by atoms with Gasteiger partial charge in [-0.25, -0.2) is 10.2 Å². The van der Waals surface area contributed by atoms with E-state index in [-0.39, 0.29) is 12.6 Å². The van der Waals surface area contributed by atoms with Gasteiger partial charge in [0, 0.05) is 20.8 Å². The Balaban J connectivity index is 2.46. The molecule has 0 aliphatic rings. The highest BCUT2D eigenvalue weighted by molar-refractivity contribution is 5.52. The van der Waals surface area contributed by atoms with Gasteiger partial charge in [-0.2, -0.15) is 0 Å². The molecule has 146 valence electrons. The number of nitrogens with zero attached hydrogens (tertiary/aromatic N) is 1. The van der Waals surface area contributed by atoms with Gasteiger partial charge < -0.3 is 19.0 Å². The second kappa shape index (κ2) is 10.2. The van der Waals surface area contributed by atoms with Crippen molar-refractivity contribution >= 4 is 6.29 Å². The van der Waals surface area contributed by atoms with Gasteiger partial charge in [0.15, 0.2) is 0 Å². The average Bonchev–Trinajstić information content (AvgIpc) is 2.74. The van der Waals surface area contributed by atoms with Gasteiger partial charge in [0.25, 0.3) is 6.03 Å². The molecule has 0 aliphatic carbocycles. The number of aldehydes is 1. The van der Waals surface area contributed by atoms with Crippen molar-refractivity contribution < 1.29 is 19.0 Å². The Kier molecular flexibility index (Phi) is 7.94. The molecule has 1 N–H and O–H groups in total. The zero-order valence-electron chi connectivity index (χ0n) is 16.3. The van der Waals surface area contributed by atoms with Gasteiger partial charge in [-0.05, 0) is 23.3 Å². The van der Waals surface area contributed by atoms with E-state index < -0.39 is 6.03 Å². The van der Waals surface area contributed by atoms with Crippen LogP contribution in [-0.2, 0) is 14.3 Å². The highest BCUT2D eigenvalue weighted by atomic mass is 16.7. The molecule has 6 heteroatoms. The molecule has 0 aliphatic heterocycles. The Morgan fingerprint density at radius 2 is 1.59 bits per heavy atom. The van der Waals surface area contributed by atoms with Crippen LogP contribution >= 0.6 is 0 Å². The van der Waals surface area contributed by atoms with Crippen LogP contribution in [0.4, 0.5) is 0 Å². The number of hydrogen-bond acceptors (Lipinski definition) is 6. The molecule has 0 amide bonds. The van der Waals surface area contributed by atoms with Crippen LogP contribution < -0.4 is 10.1 Å². The zero-order valence-corrected chi connectivity index (χ0v) is 16.3. The smallest absolute Gasteiger partial charge is 0.295 e.